The Morgan fingerprint density at radius 3 is 2.46 bits per heavy atom. The number of carbonyl (C=O) groups excluding carboxylic acids is 1. The van der Waals surface area contributed by atoms with E-state index in [0.717, 1.165) is 24.5 Å². The molecule has 0 saturated heterocycles. The predicted octanol–water partition coefficient (Wildman–Crippen LogP) is 5.71. The Morgan fingerprint density at radius 1 is 0.962 bits per heavy atom. The summed E-state index contributed by atoms with van der Waals surface area (Å²) in [4.78, 5) is 12.0. The molecule has 0 saturated carbocycles. The molecule has 0 aromatic heterocycles. The molecule has 0 aliphatic rings. The van der Waals surface area contributed by atoms with Gasteiger partial charge in [0.2, 0.25) is 5.91 Å². The van der Waals surface area contributed by atoms with Crippen LogP contribution in [0.5, 0.6) is 11.5 Å². The molecule has 0 aliphatic carbocycles. The van der Waals surface area contributed by atoms with Crippen LogP contribution < -0.4 is 14.8 Å². The SMILES string of the molecule is CCCCCCOc1ccc(NC(=O)CCOc2ccccc2Cl)cc1. The second-order valence-corrected chi connectivity index (χ2v) is 6.42. The first kappa shape index (κ1) is 20.1. The number of rotatable bonds is 11. The number of hydrogen-bond donors (Lipinski definition) is 1. The fourth-order valence-corrected chi connectivity index (χ4v) is 2.58. The van der Waals surface area contributed by atoms with Gasteiger partial charge >= 0.3 is 0 Å². The molecular formula is C21H26ClNO3. The van der Waals surface area contributed by atoms with E-state index in [1.54, 1.807) is 12.1 Å². The standard InChI is InChI=1S/C21H26ClNO3/c1-2-3-4-7-15-25-18-12-10-17(11-13-18)23-21(24)14-16-26-20-9-6-5-8-19(20)22/h5-6,8-13H,2-4,7,14-16H2,1H3,(H,23,24). The first-order valence-corrected chi connectivity index (χ1v) is 9.47. The highest BCUT2D eigenvalue weighted by Crippen LogP contribution is 2.23. The van der Waals surface area contributed by atoms with Crippen LogP contribution in [-0.4, -0.2) is 19.1 Å². The molecule has 5 heteroatoms. The number of benzene rings is 2. The summed E-state index contributed by atoms with van der Waals surface area (Å²) in [6, 6.07) is 14.6. The monoisotopic (exact) mass is 375 g/mol. The molecule has 4 nitrogen and oxygen atoms in total. The smallest absolute Gasteiger partial charge is 0.227 e. The first-order chi connectivity index (χ1) is 12.7. The molecule has 0 atom stereocenters. The third-order valence-corrected chi connectivity index (χ3v) is 4.14. The Morgan fingerprint density at radius 2 is 1.73 bits per heavy atom. The number of anilines is 1. The van der Waals surface area contributed by atoms with Gasteiger partial charge in [-0.05, 0) is 42.8 Å². The molecular weight excluding hydrogens is 350 g/mol. The van der Waals surface area contributed by atoms with Crippen LogP contribution in [0.1, 0.15) is 39.0 Å². The summed E-state index contributed by atoms with van der Waals surface area (Å²) in [5.74, 6) is 1.30. The molecule has 0 bridgehead atoms. The third kappa shape index (κ3) is 7.36. The van der Waals surface area contributed by atoms with E-state index in [4.69, 9.17) is 21.1 Å². The van der Waals surface area contributed by atoms with Crippen molar-refractivity contribution in [2.45, 2.75) is 39.0 Å². The second-order valence-electron chi connectivity index (χ2n) is 6.01. The van der Waals surface area contributed by atoms with Gasteiger partial charge in [-0.25, -0.2) is 0 Å². The van der Waals surface area contributed by atoms with Crippen LogP contribution in [0.4, 0.5) is 5.69 Å². The highest BCUT2D eigenvalue weighted by Gasteiger charge is 2.05. The third-order valence-electron chi connectivity index (χ3n) is 3.83. The van der Waals surface area contributed by atoms with E-state index in [0.29, 0.717) is 10.8 Å². The summed E-state index contributed by atoms with van der Waals surface area (Å²) in [5.41, 5.74) is 0.742. The predicted molar refractivity (Wildman–Crippen MR) is 106 cm³/mol. The van der Waals surface area contributed by atoms with E-state index in [9.17, 15) is 4.79 Å². The summed E-state index contributed by atoms with van der Waals surface area (Å²) in [7, 11) is 0. The lowest BCUT2D eigenvalue weighted by atomic mass is 10.2. The number of nitrogens with one attached hydrogen (secondary N) is 1. The molecule has 2 rings (SSSR count). The molecule has 2 aromatic rings. The molecule has 0 spiro atoms. The molecule has 1 N–H and O–H groups in total. The molecule has 1 amide bonds. The van der Waals surface area contributed by atoms with Crippen molar-refractivity contribution in [2.24, 2.45) is 0 Å². The Labute approximate surface area is 160 Å². The summed E-state index contributed by atoms with van der Waals surface area (Å²) >= 11 is 6.01. The van der Waals surface area contributed by atoms with E-state index in [-0.39, 0.29) is 18.9 Å². The number of carbonyl (C=O) groups is 1. The van der Waals surface area contributed by atoms with Crippen LogP contribution in [0.3, 0.4) is 0 Å². The first-order valence-electron chi connectivity index (χ1n) is 9.09. The summed E-state index contributed by atoms with van der Waals surface area (Å²) in [6.45, 7) is 3.19. The molecule has 0 unspecified atom stereocenters. The average Bonchev–Trinajstić information content (AvgIpc) is 2.64. The number of para-hydroxylation sites is 1. The minimum atomic E-state index is -0.106. The summed E-state index contributed by atoms with van der Waals surface area (Å²) in [5, 5.41) is 3.39. The number of unbranched alkanes of at least 4 members (excludes halogenated alkanes) is 3. The summed E-state index contributed by atoms with van der Waals surface area (Å²) in [6.07, 6.45) is 4.98. The normalized spacial score (nSPS) is 10.4. The topological polar surface area (TPSA) is 47.6 Å². The number of hydrogen-bond acceptors (Lipinski definition) is 3. The van der Waals surface area contributed by atoms with Crippen molar-refractivity contribution in [1.29, 1.82) is 0 Å². The van der Waals surface area contributed by atoms with Gasteiger partial charge in [-0.15, -0.1) is 0 Å². The lowest BCUT2D eigenvalue weighted by Gasteiger charge is -2.09. The second kappa shape index (κ2) is 11.4. The van der Waals surface area contributed by atoms with Gasteiger partial charge in [0.05, 0.1) is 24.7 Å². The van der Waals surface area contributed by atoms with E-state index >= 15 is 0 Å². The van der Waals surface area contributed by atoms with Gasteiger partial charge in [-0.1, -0.05) is 49.9 Å². The Hall–Kier alpha value is -2.20. The van der Waals surface area contributed by atoms with Gasteiger partial charge in [0.1, 0.15) is 11.5 Å². The van der Waals surface area contributed by atoms with E-state index < -0.39 is 0 Å². The zero-order valence-electron chi connectivity index (χ0n) is 15.2. The molecule has 140 valence electrons. The van der Waals surface area contributed by atoms with Gasteiger partial charge in [0.15, 0.2) is 0 Å². The lowest BCUT2D eigenvalue weighted by molar-refractivity contribution is -0.116. The highest BCUT2D eigenvalue weighted by molar-refractivity contribution is 6.32. The number of amides is 1. The van der Waals surface area contributed by atoms with Gasteiger partial charge in [-0.3, -0.25) is 4.79 Å². The van der Waals surface area contributed by atoms with Crippen molar-refractivity contribution in [1.82, 2.24) is 0 Å². The van der Waals surface area contributed by atoms with Crippen molar-refractivity contribution in [2.75, 3.05) is 18.5 Å². The molecule has 26 heavy (non-hydrogen) atoms. The lowest BCUT2D eigenvalue weighted by Crippen LogP contribution is -2.15. The maximum absolute atomic E-state index is 12.0. The highest BCUT2D eigenvalue weighted by atomic mass is 35.5. The Bertz CT molecular complexity index is 673. The van der Waals surface area contributed by atoms with Crippen LogP contribution in [-0.2, 0) is 4.79 Å². The molecule has 0 radical (unpaired) electrons. The van der Waals surface area contributed by atoms with Crippen LogP contribution in [0.15, 0.2) is 48.5 Å². The van der Waals surface area contributed by atoms with Crippen LogP contribution in [0, 0.1) is 0 Å². The molecule has 0 aliphatic heterocycles. The minimum absolute atomic E-state index is 0.106. The Kier molecular flexibility index (Phi) is 8.84. The maximum atomic E-state index is 12.0. The summed E-state index contributed by atoms with van der Waals surface area (Å²) < 4.78 is 11.2. The average molecular weight is 376 g/mol. The zero-order valence-corrected chi connectivity index (χ0v) is 15.9. The molecule has 0 fully saturated rings. The quantitative estimate of drug-likeness (QED) is 0.512. The van der Waals surface area contributed by atoms with E-state index in [2.05, 4.69) is 12.2 Å². The van der Waals surface area contributed by atoms with Crippen LogP contribution in [0.25, 0.3) is 0 Å². The van der Waals surface area contributed by atoms with Crippen LogP contribution in [0.2, 0.25) is 5.02 Å². The van der Waals surface area contributed by atoms with Crippen molar-refractivity contribution in [3.05, 3.63) is 53.6 Å². The van der Waals surface area contributed by atoms with Gasteiger partial charge in [-0.2, -0.15) is 0 Å². The maximum Gasteiger partial charge on any atom is 0.227 e. The zero-order chi connectivity index (χ0) is 18.6. The largest absolute Gasteiger partial charge is 0.494 e. The fourth-order valence-electron chi connectivity index (χ4n) is 2.39. The number of halogens is 1. The van der Waals surface area contributed by atoms with Gasteiger partial charge in [0, 0.05) is 5.69 Å². The van der Waals surface area contributed by atoms with Crippen molar-refractivity contribution in [3.8, 4) is 11.5 Å². The van der Waals surface area contributed by atoms with Crippen LogP contribution >= 0.6 is 11.6 Å². The van der Waals surface area contributed by atoms with Gasteiger partial charge in [0.25, 0.3) is 0 Å². The Balaban J connectivity index is 1.67. The molecule has 2 aromatic carbocycles. The van der Waals surface area contributed by atoms with E-state index in [1.165, 1.54) is 19.3 Å². The fraction of sp³-hybridized carbons (Fsp3) is 0.381. The van der Waals surface area contributed by atoms with Crippen molar-refractivity contribution in [3.63, 3.8) is 0 Å². The number of ether oxygens (including phenoxy) is 2. The van der Waals surface area contributed by atoms with Crippen molar-refractivity contribution < 1.29 is 14.3 Å². The van der Waals surface area contributed by atoms with Gasteiger partial charge < -0.3 is 14.8 Å². The van der Waals surface area contributed by atoms with E-state index in [1.807, 2.05) is 36.4 Å². The minimum Gasteiger partial charge on any atom is -0.494 e. The molecule has 0 heterocycles. The van der Waals surface area contributed by atoms with Crippen molar-refractivity contribution >= 4 is 23.2 Å².